The molecule has 2 rings (SSSR count). The van der Waals surface area contributed by atoms with Crippen LogP contribution in [0.1, 0.15) is 29.2 Å². The van der Waals surface area contributed by atoms with E-state index in [1.165, 1.54) is 29.2 Å². The maximum Gasteiger partial charge on any atom is 0.385 e. The Hall–Kier alpha value is -0.520. The van der Waals surface area contributed by atoms with Crippen LogP contribution in [0.3, 0.4) is 0 Å². The SMILES string of the molecule is O=C(OI)c1ncc(Cl)c(C2=CCCC=C2P)n1. The van der Waals surface area contributed by atoms with Crippen LogP contribution in [-0.2, 0) is 3.07 Å². The molecule has 0 amide bonds. The lowest BCUT2D eigenvalue weighted by atomic mass is 10.0. The van der Waals surface area contributed by atoms with Crippen LogP contribution in [0.4, 0.5) is 0 Å². The van der Waals surface area contributed by atoms with Gasteiger partial charge in [0, 0.05) is 5.57 Å². The Morgan fingerprint density at radius 2 is 2.17 bits per heavy atom. The summed E-state index contributed by atoms with van der Waals surface area (Å²) in [5.74, 6) is -0.577. The van der Waals surface area contributed by atoms with Crippen LogP contribution in [-0.4, -0.2) is 15.9 Å². The molecule has 1 aromatic rings. The van der Waals surface area contributed by atoms with Crippen molar-refractivity contribution in [3.05, 3.63) is 40.2 Å². The second-order valence-electron chi connectivity index (χ2n) is 3.61. The number of hydrogen-bond acceptors (Lipinski definition) is 4. The standard InChI is InChI=1S/C11H9ClIN2O2P/c12-7-5-14-10(11(16)17-13)15-9(7)6-3-1-2-4-8(6)18/h3-5H,1-2,18H2. The summed E-state index contributed by atoms with van der Waals surface area (Å²) in [4.78, 5) is 19.4. The summed E-state index contributed by atoms with van der Waals surface area (Å²) >= 11 is 7.59. The quantitative estimate of drug-likeness (QED) is 0.568. The second-order valence-corrected chi connectivity index (χ2v) is 5.08. The van der Waals surface area contributed by atoms with Crippen molar-refractivity contribution in [2.45, 2.75) is 12.8 Å². The first-order chi connectivity index (χ1) is 8.63. The van der Waals surface area contributed by atoms with Gasteiger partial charge in [0.25, 0.3) is 0 Å². The summed E-state index contributed by atoms with van der Waals surface area (Å²) in [6, 6.07) is 0. The number of carbonyl (C=O) groups excluding carboxylic acids is 1. The summed E-state index contributed by atoms with van der Waals surface area (Å²) in [5.41, 5.74) is 1.48. The molecule has 18 heavy (non-hydrogen) atoms. The van der Waals surface area contributed by atoms with E-state index in [2.05, 4.69) is 34.4 Å². The Morgan fingerprint density at radius 3 is 2.83 bits per heavy atom. The molecule has 0 saturated carbocycles. The van der Waals surface area contributed by atoms with Gasteiger partial charge in [-0.1, -0.05) is 23.8 Å². The number of allylic oxidation sites excluding steroid dienone is 4. The van der Waals surface area contributed by atoms with Crippen molar-refractivity contribution in [3.63, 3.8) is 0 Å². The molecule has 0 bridgehead atoms. The Labute approximate surface area is 126 Å². The first-order valence-electron chi connectivity index (χ1n) is 5.15. The molecule has 0 aromatic carbocycles. The van der Waals surface area contributed by atoms with Gasteiger partial charge in [0.2, 0.25) is 5.82 Å². The predicted molar refractivity (Wildman–Crippen MR) is 81.5 cm³/mol. The lowest BCUT2D eigenvalue weighted by molar-refractivity contribution is 0.0788. The number of hydrogen-bond donors (Lipinski definition) is 0. The van der Waals surface area contributed by atoms with Crippen molar-refractivity contribution in [1.29, 1.82) is 0 Å². The van der Waals surface area contributed by atoms with E-state index >= 15 is 0 Å². The van der Waals surface area contributed by atoms with Gasteiger partial charge in [-0.05, 0) is 18.2 Å². The zero-order valence-electron chi connectivity index (χ0n) is 9.19. The molecular weight excluding hydrogens is 385 g/mol. The minimum Gasteiger partial charge on any atom is -0.389 e. The first kappa shape index (κ1) is 13.9. The van der Waals surface area contributed by atoms with Crippen molar-refractivity contribution in [1.82, 2.24) is 9.97 Å². The maximum atomic E-state index is 11.4. The predicted octanol–water partition coefficient (Wildman–Crippen LogP) is 3.57. The van der Waals surface area contributed by atoms with Crippen molar-refractivity contribution in [3.8, 4) is 0 Å². The topological polar surface area (TPSA) is 52.1 Å². The third kappa shape index (κ3) is 2.90. The highest BCUT2D eigenvalue weighted by atomic mass is 127. The average Bonchev–Trinajstić information content (AvgIpc) is 2.39. The molecule has 0 saturated heterocycles. The fraction of sp³-hybridized carbons (Fsp3) is 0.182. The van der Waals surface area contributed by atoms with Gasteiger partial charge in [-0.3, -0.25) is 0 Å². The molecule has 1 unspecified atom stereocenters. The summed E-state index contributed by atoms with van der Waals surface area (Å²) in [6.45, 7) is 0. The smallest absolute Gasteiger partial charge is 0.385 e. The molecule has 0 spiro atoms. The molecule has 0 N–H and O–H groups in total. The Morgan fingerprint density at radius 1 is 1.44 bits per heavy atom. The van der Waals surface area contributed by atoms with Crippen molar-refractivity contribution in [2.24, 2.45) is 0 Å². The lowest BCUT2D eigenvalue weighted by Crippen LogP contribution is -2.07. The van der Waals surface area contributed by atoms with Crippen LogP contribution in [0.25, 0.3) is 5.57 Å². The van der Waals surface area contributed by atoms with Gasteiger partial charge < -0.3 is 3.07 Å². The van der Waals surface area contributed by atoms with E-state index in [9.17, 15) is 4.79 Å². The van der Waals surface area contributed by atoms with E-state index in [0.717, 1.165) is 23.7 Å². The van der Waals surface area contributed by atoms with E-state index in [1.54, 1.807) is 0 Å². The third-order valence-electron chi connectivity index (χ3n) is 2.44. The van der Waals surface area contributed by atoms with Gasteiger partial charge >= 0.3 is 5.97 Å². The van der Waals surface area contributed by atoms with E-state index in [-0.39, 0.29) is 5.82 Å². The number of rotatable bonds is 2. The summed E-state index contributed by atoms with van der Waals surface area (Å²) in [7, 11) is 2.65. The molecule has 7 heteroatoms. The van der Waals surface area contributed by atoms with E-state index in [1.807, 2.05) is 0 Å². The van der Waals surface area contributed by atoms with Gasteiger partial charge in [-0.25, -0.2) is 14.8 Å². The maximum absolute atomic E-state index is 11.4. The van der Waals surface area contributed by atoms with E-state index in [4.69, 9.17) is 11.6 Å². The number of aromatic nitrogens is 2. The zero-order chi connectivity index (χ0) is 13.1. The van der Waals surface area contributed by atoms with Gasteiger partial charge in [-0.15, -0.1) is 9.24 Å². The van der Waals surface area contributed by atoms with Gasteiger partial charge in [0.15, 0.2) is 23.0 Å². The van der Waals surface area contributed by atoms with Gasteiger partial charge in [0.05, 0.1) is 16.9 Å². The largest absolute Gasteiger partial charge is 0.389 e. The Kier molecular flexibility index (Phi) is 4.70. The van der Waals surface area contributed by atoms with E-state index in [0.29, 0.717) is 10.7 Å². The van der Waals surface area contributed by atoms with Crippen LogP contribution in [0.2, 0.25) is 5.02 Å². The van der Waals surface area contributed by atoms with Gasteiger partial charge in [0.1, 0.15) is 0 Å². The van der Waals surface area contributed by atoms with Crippen molar-refractivity contribution in [2.75, 3.05) is 0 Å². The lowest BCUT2D eigenvalue weighted by Gasteiger charge is -2.13. The van der Waals surface area contributed by atoms with Crippen LogP contribution >= 0.6 is 43.8 Å². The Balaban J connectivity index is 2.47. The molecule has 1 aliphatic carbocycles. The van der Waals surface area contributed by atoms with Crippen molar-refractivity contribution >= 4 is 55.4 Å². The molecule has 0 radical (unpaired) electrons. The van der Waals surface area contributed by atoms with Gasteiger partial charge in [-0.2, -0.15) is 0 Å². The van der Waals surface area contributed by atoms with Crippen LogP contribution in [0.5, 0.6) is 0 Å². The molecule has 1 atom stereocenters. The highest BCUT2D eigenvalue weighted by Gasteiger charge is 2.17. The summed E-state index contributed by atoms with van der Waals surface area (Å²) in [5, 5.41) is 1.44. The fourth-order valence-electron chi connectivity index (χ4n) is 1.62. The molecule has 1 heterocycles. The second kappa shape index (κ2) is 6.08. The highest BCUT2D eigenvalue weighted by molar-refractivity contribution is 14.1. The number of carbonyl (C=O) groups is 1. The van der Waals surface area contributed by atoms with Crippen LogP contribution in [0.15, 0.2) is 23.7 Å². The fourth-order valence-corrected chi connectivity index (χ4v) is 2.43. The first-order valence-corrected chi connectivity index (χ1v) is 6.99. The Bertz CT molecular complexity index is 560. The summed E-state index contributed by atoms with van der Waals surface area (Å²) in [6.07, 6.45) is 7.48. The highest BCUT2D eigenvalue weighted by Crippen LogP contribution is 2.34. The number of halogens is 2. The number of nitrogens with zero attached hydrogens (tertiary/aromatic N) is 2. The summed E-state index contributed by atoms with van der Waals surface area (Å²) < 4.78 is 4.57. The molecule has 0 fully saturated rings. The third-order valence-corrected chi connectivity index (χ3v) is 3.67. The van der Waals surface area contributed by atoms with Crippen molar-refractivity contribution < 1.29 is 7.86 Å². The minimum absolute atomic E-state index is 0.00748. The molecule has 94 valence electrons. The monoisotopic (exact) mass is 394 g/mol. The van der Waals surface area contributed by atoms with E-state index < -0.39 is 5.97 Å². The normalized spacial score (nSPS) is 14.8. The molecule has 1 aromatic heterocycles. The molecule has 0 aliphatic heterocycles. The minimum atomic E-state index is -0.584. The van der Waals surface area contributed by atoms with Crippen LogP contribution in [0, 0.1) is 0 Å². The molecule has 4 nitrogen and oxygen atoms in total. The average molecular weight is 395 g/mol. The van der Waals surface area contributed by atoms with Crippen LogP contribution < -0.4 is 0 Å². The molecular formula is C11H9ClIN2O2P. The molecule has 1 aliphatic rings. The zero-order valence-corrected chi connectivity index (χ0v) is 13.3.